The second-order valence-corrected chi connectivity index (χ2v) is 6.49. The van der Waals surface area contributed by atoms with Crippen molar-refractivity contribution in [3.63, 3.8) is 0 Å². The van der Waals surface area contributed by atoms with Gasteiger partial charge in [0.25, 0.3) is 0 Å². The summed E-state index contributed by atoms with van der Waals surface area (Å²) in [7, 11) is 4.08. The van der Waals surface area contributed by atoms with Gasteiger partial charge in [0.05, 0.1) is 6.17 Å². The van der Waals surface area contributed by atoms with E-state index in [1.807, 2.05) is 49.3 Å². The van der Waals surface area contributed by atoms with Gasteiger partial charge in [0, 0.05) is 13.1 Å². The lowest BCUT2D eigenvalue weighted by Gasteiger charge is -2.26. The van der Waals surface area contributed by atoms with Crippen LogP contribution in [0.15, 0.2) is 30.3 Å². The highest BCUT2D eigenvalue weighted by molar-refractivity contribution is 5.85. The van der Waals surface area contributed by atoms with Crippen molar-refractivity contribution in [2.75, 3.05) is 27.2 Å². The smallest absolute Gasteiger partial charge is 0.245 e. The van der Waals surface area contributed by atoms with Crippen LogP contribution in [0.5, 0.6) is 0 Å². The lowest BCUT2D eigenvalue weighted by molar-refractivity contribution is -0.130. The molecule has 1 N–H and O–H groups in total. The summed E-state index contributed by atoms with van der Waals surface area (Å²) < 4.78 is 0. The number of hydrogen-bond acceptors (Lipinski definition) is 3. The van der Waals surface area contributed by atoms with Crippen LogP contribution >= 0.6 is 0 Å². The Labute approximate surface area is 128 Å². The number of amides is 1. The Kier molecular flexibility index (Phi) is 5.37. The van der Waals surface area contributed by atoms with Crippen molar-refractivity contribution in [1.29, 1.82) is 0 Å². The van der Waals surface area contributed by atoms with Crippen molar-refractivity contribution in [1.82, 2.24) is 15.1 Å². The fourth-order valence-electron chi connectivity index (χ4n) is 2.77. The molecular weight excluding hydrogens is 262 g/mol. The minimum atomic E-state index is -0.197. The van der Waals surface area contributed by atoms with Gasteiger partial charge in [-0.1, -0.05) is 44.2 Å². The zero-order valence-electron chi connectivity index (χ0n) is 13.5. The molecular formula is C17H27N3O. The summed E-state index contributed by atoms with van der Waals surface area (Å²) in [5.41, 5.74) is 1.06. The Bertz CT molecular complexity index is 458. The quantitative estimate of drug-likeness (QED) is 0.871. The maximum atomic E-state index is 12.8. The van der Waals surface area contributed by atoms with Gasteiger partial charge in [-0.3, -0.25) is 10.1 Å². The van der Waals surface area contributed by atoms with Gasteiger partial charge in [-0.05, 0) is 32.0 Å². The first kappa shape index (κ1) is 16.0. The molecule has 0 saturated carbocycles. The SMILES string of the molecule is CC(C)CC1NC(c2ccccc2)C(=O)N1CCN(C)C. The Morgan fingerprint density at radius 1 is 1.24 bits per heavy atom. The first-order valence-electron chi connectivity index (χ1n) is 7.75. The molecule has 1 saturated heterocycles. The molecule has 1 amide bonds. The maximum absolute atomic E-state index is 12.8. The monoisotopic (exact) mass is 289 g/mol. The topological polar surface area (TPSA) is 35.6 Å². The summed E-state index contributed by atoms with van der Waals surface area (Å²) >= 11 is 0. The molecule has 1 aliphatic rings. The molecule has 1 heterocycles. The number of carbonyl (C=O) groups is 1. The summed E-state index contributed by atoms with van der Waals surface area (Å²) in [6.07, 6.45) is 1.13. The predicted octanol–water partition coefficient (Wildman–Crippen LogP) is 2.09. The number of likely N-dealkylation sites (N-methyl/N-ethyl adjacent to an activating group) is 1. The molecule has 116 valence electrons. The second-order valence-electron chi connectivity index (χ2n) is 6.49. The highest BCUT2D eigenvalue weighted by atomic mass is 16.2. The van der Waals surface area contributed by atoms with E-state index in [2.05, 4.69) is 24.1 Å². The van der Waals surface area contributed by atoms with Crippen LogP contribution in [0.2, 0.25) is 0 Å². The summed E-state index contributed by atoms with van der Waals surface area (Å²) in [6, 6.07) is 9.82. The van der Waals surface area contributed by atoms with Crippen molar-refractivity contribution >= 4 is 5.91 Å². The van der Waals surface area contributed by atoms with E-state index in [9.17, 15) is 4.79 Å². The van der Waals surface area contributed by atoms with E-state index in [0.29, 0.717) is 5.92 Å². The average molecular weight is 289 g/mol. The first-order chi connectivity index (χ1) is 9.99. The standard InChI is InChI=1S/C17H27N3O/c1-13(2)12-15-18-16(14-8-6-5-7-9-14)17(21)20(15)11-10-19(3)4/h5-9,13,15-16,18H,10-12H2,1-4H3. The van der Waals surface area contributed by atoms with Gasteiger partial charge in [-0.15, -0.1) is 0 Å². The lowest BCUT2D eigenvalue weighted by Crippen LogP contribution is -2.41. The summed E-state index contributed by atoms with van der Waals surface area (Å²) in [6.45, 7) is 6.07. The Morgan fingerprint density at radius 2 is 1.90 bits per heavy atom. The highest BCUT2D eigenvalue weighted by Crippen LogP contribution is 2.26. The molecule has 2 unspecified atom stereocenters. The van der Waals surface area contributed by atoms with Crippen molar-refractivity contribution < 1.29 is 4.79 Å². The van der Waals surface area contributed by atoms with Crippen molar-refractivity contribution in [2.45, 2.75) is 32.5 Å². The Hall–Kier alpha value is -1.39. The van der Waals surface area contributed by atoms with E-state index in [1.54, 1.807) is 0 Å². The molecule has 4 nitrogen and oxygen atoms in total. The Morgan fingerprint density at radius 3 is 2.48 bits per heavy atom. The zero-order valence-corrected chi connectivity index (χ0v) is 13.5. The molecule has 0 aliphatic carbocycles. The van der Waals surface area contributed by atoms with Gasteiger partial charge in [-0.25, -0.2) is 0 Å². The van der Waals surface area contributed by atoms with Crippen LogP contribution in [0, 0.1) is 5.92 Å². The average Bonchev–Trinajstić information content (AvgIpc) is 2.73. The van der Waals surface area contributed by atoms with Crippen LogP contribution in [-0.2, 0) is 4.79 Å². The number of benzene rings is 1. The number of nitrogens with one attached hydrogen (secondary N) is 1. The molecule has 1 aliphatic heterocycles. The van der Waals surface area contributed by atoms with Crippen molar-refractivity contribution in [3.8, 4) is 0 Å². The van der Waals surface area contributed by atoms with Gasteiger partial charge in [0.1, 0.15) is 6.04 Å². The minimum Gasteiger partial charge on any atom is -0.324 e. The third-order valence-corrected chi connectivity index (χ3v) is 3.88. The van der Waals surface area contributed by atoms with Gasteiger partial charge in [0.15, 0.2) is 0 Å². The normalized spacial score (nSPS) is 22.6. The molecule has 0 aromatic heterocycles. The molecule has 0 bridgehead atoms. The van der Waals surface area contributed by atoms with Crippen LogP contribution in [0.25, 0.3) is 0 Å². The summed E-state index contributed by atoms with van der Waals surface area (Å²) in [4.78, 5) is 16.9. The van der Waals surface area contributed by atoms with E-state index in [0.717, 1.165) is 25.1 Å². The van der Waals surface area contributed by atoms with Gasteiger partial charge < -0.3 is 9.80 Å². The minimum absolute atomic E-state index is 0.141. The summed E-state index contributed by atoms with van der Waals surface area (Å²) in [5, 5.41) is 3.52. The Balaban J connectivity index is 2.14. The fraction of sp³-hybridized carbons (Fsp3) is 0.588. The van der Waals surface area contributed by atoms with E-state index >= 15 is 0 Å². The number of rotatable bonds is 6. The van der Waals surface area contributed by atoms with Gasteiger partial charge in [-0.2, -0.15) is 0 Å². The maximum Gasteiger partial charge on any atom is 0.245 e. The number of nitrogens with zero attached hydrogens (tertiary/aromatic N) is 2. The van der Waals surface area contributed by atoms with Crippen LogP contribution in [0.4, 0.5) is 0 Å². The molecule has 2 rings (SSSR count). The van der Waals surface area contributed by atoms with Crippen molar-refractivity contribution in [3.05, 3.63) is 35.9 Å². The molecule has 1 fully saturated rings. The molecule has 4 heteroatoms. The third-order valence-electron chi connectivity index (χ3n) is 3.88. The fourth-order valence-corrected chi connectivity index (χ4v) is 2.77. The largest absolute Gasteiger partial charge is 0.324 e. The lowest BCUT2D eigenvalue weighted by atomic mass is 10.1. The van der Waals surface area contributed by atoms with Crippen LogP contribution < -0.4 is 5.32 Å². The molecule has 0 spiro atoms. The molecule has 2 atom stereocenters. The van der Waals surface area contributed by atoms with E-state index in [1.165, 1.54) is 0 Å². The highest BCUT2D eigenvalue weighted by Gasteiger charge is 2.39. The van der Waals surface area contributed by atoms with E-state index in [4.69, 9.17) is 0 Å². The zero-order chi connectivity index (χ0) is 15.4. The van der Waals surface area contributed by atoms with Gasteiger partial charge in [0.2, 0.25) is 5.91 Å². The third kappa shape index (κ3) is 4.05. The van der Waals surface area contributed by atoms with Crippen molar-refractivity contribution in [2.24, 2.45) is 5.92 Å². The van der Waals surface area contributed by atoms with Crippen LogP contribution in [0.1, 0.15) is 31.9 Å². The second kappa shape index (κ2) is 7.05. The van der Waals surface area contributed by atoms with Gasteiger partial charge >= 0.3 is 0 Å². The van der Waals surface area contributed by atoms with Crippen LogP contribution in [0.3, 0.4) is 0 Å². The molecule has 1 aromatic rings. The molecule has 1 aromatic carbocycles. The summed E-state index contributed by atoms with van der Waals surface area (Å²) in [5.74, 6) is 0.764. The van der Waals surface area contributed by atoms with E-state index in [-0.39, 0.29) is 18.1 Å². The number of hydrogen-bond donors (Lipinski definition) is 1. The first-order valence-corrected chi connectivity index (χ1v) is 7.75. The predicted molar refractivity (Wildman–Crippen MR) is 85.8 cm³/mol. The van der Waals surface area contributed by atoms with Crippen LogP contribution in [-0.4, -0.2) is 49.1 Å². The molecule has 0 radical (unpaired) electrons. The molecule has 21 heavy (non-hydrogen) atoms. The van der Waals surface area contributed by atoms with E-state index < -0.39 is 0 Å². The number of carbonyl (C=O) groups excluding carboxylic acids is 1.